The van der Waals surface area contributed by atoms with E-state index >= 15 is 0 Å². The highest BCUT2D eigenvalue weighted by molar-refractivity contribution is 4.74. The molecule has 0 aromatic heterocycles. The molecule has 0 bridgehead atoms. The van der Waals surface area contributed by atoms with Crippen molar-refractivity contribution in [3.8, 4) is 0 Å². The van der Waals surface area contributed by atoms with Crippen LogP contribution in [0.25, 0.3) is 0 Å². The largest absolute Gasteiger partial charge is 0.394 e. The Hall–Kier alpha value is -0.160. The third-order valence-electron chi connectivity index (χ3n) is 1.65. The molecule has 1 fully saturated rings. The number of aliphatic hydroxyl groups is 3. The number of rotatable bonds is 2. The molecule has 0 saturated carbocycles. The number of aliphatic hydroxyl groups excluding tert-OH is 3. The Balaban J connectivity index is 2.29. The zero-order valence-corrected chi connectivity index (χ0v) is 5.60. The van der Waals surface area contributed by atoms with Gasteiger partial charge in [-0.1, -0.05) is 0 Å². The maximum atomic E-state index is 8.99. The van der Waals surface area contributed by atoms with Gasteiger partial charge in [0.2, 0.25) is 0 Å². The molecule has 1 rings (SSSR count). The van der Waals surface area contributed by atoms with Crippen molar-refractivity contribution in [1.29, 1.82) is 0 Å². The summed E-state index contributed by atoms with van der Waals surface area (Å²) in [6.45, 7) is -0.308. The maximum absolute atomic E-state index is 8.99. The van der Waals surface area contributed by atoms with Crippen molar-refractivity contribution in [3.63, 3.8) is 0 Å². The first-order chi connectivity index (χ1) is 4.74. The molecule has 0 aromatic carbocycles. The molecule has 3 atom stereocenters. The molecule has 0 unspecified atom stereocenters. The van der Waals surface area contributed by atoms with Crippen molar-refractivity contribution in [2.24, 2.45) is 0 Å². The lowest BCUT2D eigenvalue weighted by molar-refractivity contribution is -0.127. The smallest absolute Gasteiger partial charge is 0.155 e. The summed E-state index contributed by atoms with van der Waals surface area (Å²) < 4.78 is 4.86. The van der Waals surface area contributed by atoms with Crippen LogP contribution in [0.2, 0.25) is 0 Å². The van der Waals surface area contributed by atoms with Crippen LogP contribution < -0.4 is 0 Å². The minimum Gasteiger partial charge on any atom is -0.394 e. The predicted octanol–water partition coefficient (Wildman–Crippen LogP) is -1.16. The van der Waals surface area contributed by atoms with Crippen molar-refractivity contribution in [2.45, 2.75) is 31.3 Å². The van der Waals surface area contributed by atoms with Crippen LogP contribution in [0.4, 0.5) is 0 Å². The van der Waals surface area contributed by atoms with Gasteiger partial charge in [-0.3, -0.25) is 0 Å². The lowest BCUT2D eigenvalue weighted by Gasteiger charge is -2.14. The van der Waals surface area contributed by atoms with E-state index < -0.39 is 12.4 Å². The summed E-state index contributed by atoms with van der Waals surface area (Å²) in [6, 6.07) is 0. The number of hydrogen-bond donors (Lipinski definition) is 3. The Kier molecular flexibility index (Phi) is 2.62. The van der Waals surface area contributed by atoms with Gasteiger partial charge in [0.05, 0.1) is 12.7 Å². The van der Waals surface area contributed by atoms with Crippen LogP contribution in [0.15, 0.2) is 0 Å². The van der Waals surface area contributed by atoms with E-state index in [1.165, 1.54) is 0 Å². The molecule has 3 N–H and O–H groups in total. The highest BCUT2D eigenvalue weighted by Crippen LogP contribution is 2.19. The van der Waals surface area contributed by atoms with Crippen molar-refractivity contribution in [2.75, 3.05) is 6.61 Å². The highest BCUT2D eigenvalue weighted by atomic mass is 16.6. The van der Waals surface area contributed by atoms with Crippen LogP contribution in [0.1, 0.15) is 12.8 Å². The monoisotopic (exact) mass is 148 g/mol. The summed E-state index contributed by atoms with van der Waals surface area (Å²) in [6.07, 6.45) is -0.840. The van der Waals surface area contributed by atoms with Crippen molar-refractivity contribution >= 4 is 0 Å². The summed E-state index contributed by atoms with van der Waals surface area (Å²) in [4.78, 5) is 0. The zero-order chi connectivity index (χ0) is 7.56. The van der Waals surface area contributed by atoms with Crippen LogP contribution in [0, 0.1) is 0 Å². The van der Waals surface area contributed by atoms with E-state index in [0.717, 1.165) is 0 Å². The zero-order valence-electron chi connectivity index (χ0n) is 5.60. The number of ether oxygens (including phenoxy) is 1. The Labute approximate surface area is 59.1 Å². The second kappa shape index (κ2) is 3.30. The van der Waals surface area contributed by atoms with E-state index in [9.17, 15) is 0 Å². The summed E-state index contributed by atoms with van der Waals surface area (Å²) in [7, 11) is 0. The van der Waals surface area contributed by atoms with Crippen LogP contribution in [0.5, 0.6) is 0 Å². The van der Waals surface area contributed by atoms with Gasteiger partial charge in [-0.15, -0.1) is 0 Å². The van der Waals surface area contributed by atoms with Crippen molar-refractivity contribution < 1.29 is 20.1 Å². The van der Waals surface area contributed by atoms with E-state index in [-0.39, 0.29) is 12.7 Å². The fourth-order valence-electron chi connectivity index (χ4n) is 1.05. The van der Waals surface area contributed by atoms with Crippen LogP contribution in [-0.4, -0.2) is 40.4 Å². The molecule has 4 heteroatoms. The van der Waals surface area contributed by atoms with Crippen molar-refractivity contribution in [1.82, 2.24) is 0 Å². The standard InChI is InChI=1S/C6H12O4/c7-3-4(8)5-1-2-6(9)10-5/h4-9H,1-3H2/t4-,5-,6+/m1/s1. The third kappa shape index (κ3) is 1.67. The molecule has 4 nitrogen and oxygen atoms in total. The molecular formula is C6H12O4. The van der Waals surface area contributed by atoms with Gasteiger partial charge in [0.15, 0.2) is 6.29 Å². The molecule has 10 heavy (non-hydrogen) atoms. The second-order valence-electron chi connectivity index (χ2n) is 2.46. The van der Waals surface area contributed by atoms with Gasteiger partial charge in [-0.2, -0.15) is 0 Å². The molecule has 0 spiro atoms. The van der Waals surface area contributed by atoms with Gasteiger partial charge < -0.3 is 20.1 Å². The minimum atomic E-state index is -0.850. The van der Waals surface area contributed by atoms with E-state index in [1.807, 2.05) is 0 Å². The van der Waals surface area contributed by atoms with E-state index in [1.54, 1.807) is 0 Å². The molecular weight excluding hydrogens is 136 g/mol. The maximum Gasteiger partial charge on any atom is 0.155 e. The predicted molar refractivity (Wildman–Crippen MR) is 33.2 cm³/mol. The first kappa shape index (κ1) is 7.94. The first-order valence-corrected chi connectivity index (χ1v) is 3.36. The van der Waals surface area contributed by atoms with Crippen LogP contribution in [-0.2, 0) is 4.74 Å². The van der Waals surface area contributed by atoms with Gasteiger partial charge in [-0.25, -0.2) is 0 Å². The number of hydrogen-bond acceptors (Lipinski definition) is 4. The molecule has 1 aliphatic rings. The molecule has 1 heterocycles. The van der Waals surface area contributed by atoms with Gasteiger partial charge in [-0.05, 0) is 6.42 Å². The molecule has 1 aliphatic heterocycles. The highest BCUT2D eigenvalue weighted by Gasteiger charge is 2.28. The van der Waals surface area contributed by atoms with E-state index in [0.29, 0.717) is 12.8 Å². The summed E-state index contributed by atoms with van der Waals surface area (Å²) >= 11 is 0. The molecule has 0 aliphatic carbocycles. The Bertz CT molecular complexity index is 106. The van der Waals surface area contributed by atoms with E-state index in [2.05, 4.69) is 0 Å². The Morgan fingerprint density at radius 3 is 2.60 bits per heavy atom. The lowest BCUT2D eigenvalue weighted by atomic mass is 10.1. The molecule has 0 aromatic rings. The normalized spacial score (nSPS) is 36.3. The van der Waals surface area contributed by atoms with Gasteiger partial charge in [0.1, 0.15) is 6.10 Å². The summed E-state index contributed by atoms with van der Waals surface area (Å²) in [5, 5.41) is 26.3. The fourth-order valence-corrected chi connectivity index (χ4v) is 1.05. The quantitative estimate of drug-likeness (QED) is 0.462. The average Bonchev–Trinajstić information content (AvgIpc) is 2.34. The Morgan fingerprint density at radius 2 is 2.20 bits per heavy atom. The molecule has 1 saturated heterocycles. The van der Waals surface area contributed by atoms with Crippen LogP contribution >= 0.6 is 0 Å². The first-order valence-electron chi connectivity index (χ1n) is 3.36. The van der Waals surface area contributed by atoms with Gasteiger partial charge in [0.25, 0.3) is 0 Å². The van der Waals surface area contributed by atoms with Gasteiger partial charge >= 0.3 is 0 Å². The minimum absolute atomic E-state index is 0.308. The fraction of sp³-hybridized carbons (Fsp3) is 1.00. The second-order valence-corrected chi connectivity index (χ2v) is 2.46. The van der Waals surface area contributed by atoms with Crippen LogP contribution in [0.3, 0.4) is 0 Å². The van der Waals surface area contributed by atoms with Gasteiger partial charge in [0, 0.05) is 6.42 Å². The molecule has 60 valence electrons. The molecule has 0 amide bonds. The lowest BCUT2D eigenvalue weighted by Crippen LogP contribution is -2.29. The topological polar surface area (TPSA) is 69.9 Å². The SMILES string of the molecule is OC[C@@H](O)[C@H]1CC[C@@H](O)O1. The van der Waals surface area contributed by atoms with Crippen molar-refractivity contribution in [3.05, 3.63) is 0 Å². The third-order valence-corrected chi connectivity index (χ3v) is 1.65. The Morgan fingerprint density at radius 1 is 1.50 bits per heavy atom. The average molecular weight is 148 g/mol. The summed E-state index contributed by atoms with van der Waals surface area (Å²) in [5.74, 6) is 0. The van der Waals surface area contributed by atoms with E-state index in [4.69, 9.17) is 20.1 Å². The molecule has 0 radical (unpaired) electrons. The summed E-state index contributed by atoms with van der Waals surface area (Å²) in [5.41, 5.74) is 0.